The number of hydrogen-bond donors (Lipinski definition) is 0. The van der Waals surface area contributed by atoms with Crippen molar-refractivity contribution in [3.63, 3.8) is 0 Å². The maximum absolute atomic E-state index is 12.6. The van der Waals surface area contributed by atoms with Crippen LogP contribution in [0.3, 0.4) is 0 Å². The first-order valence-corrected chi connectivity index (χ1v) is 18.5. The van der Waals surface area contributed by atoms with Gasteiger partial charge in [0.05, 0.1) is 25.6 Å². The highest BCUT2D eigenvalue weighted by Crippen LogP contribution is 2.68. The zero-order valence-electron chi connectivity index (χ0n) is 26.9. The average molecular weight is 680 g/mol. The first kappa shape index (κ1) is 38.2. The monoisotopic (exact) mass is 679 g/mol. The Hall–Kier alpha value is -2.94. The minimum absolute atomic E-state index is 0.123. The fourth-order valence-electron chi connectivity index (χ4n) is 4.59. The number of esters is 3. The Balaban J connectivity index is 0.000000332. The van der Waals surface area contributed by atoms with E-state index < -0.39 is 29.0 Å². The molecule has 0 N–H and O–H groups in total. The minimum atomic E-state index is -2.65. The van der Waals surface area contributed by atoms with Crippen LogP contribution >= 0.6 is 17.1 Å². The van der Waals surface area contributed by atoms with Gasteiger partial charge < -0.3 is 28.0 Å². The molecule has 2 aromatic carbocycles. The molecule has 1 aliphatic rings. The van der Waals surface area contributed by atoms with Crippen LogP contribution in [0.1, 0.15) is 59.6 Å². The summed E-state index contributed by atoms with van der Waals surface area (Å²) < 4.78 is 31.2. The first-order valence-electron chi connectivity index (χ1n) is 14.3. The Morgan fingerprint density at radius 2 is 1.51 bits per heavy atom. The topological polar surface area (TPSA) is 130 Å². The summed E-state index contributed by atoms with van der Waals surface area (Å²) >= 11 is 6.17. The molecule has 45 heavy (non-hydrogen) atoms. The largest absolute Gasteiger partial charge is 0.466 e. The lowest BCUT2D eigenvalue weighted by atomic mass is 10.0. The number of rotatable bonds is 14. The van der Waals surface area contributed by atoms with Crippen LogP contribution in [0.5, 0.6) is 11.5 Å². The predicted molar refractivity (Wildman–Crippen MR) is 176 cm³/mol. The van der Waals surface area contributed by atoms with E-state index in [0.29, 0.717) is 17.1 Å². The molecule has 246 valence electrons. The van der Waals surface area contributed by atoms with Crippen molar-refractivity contribution >= 4 is 46.8 Å². The number of para-hydroxylation sites is 1. The third kappa shape index (κ3) is 10.5. The molecule has 0 aromatic heterocycles. The zero-order valence-corrected chi connectivity index (χ0v) is 29.5. The van der Waals surface area contributed by atoms with Gasteiger partial charge in [0, 0.05) is 19.8 Å². The number of nitriles is 1. The maximum atomic E-state index is 12.6. The smallest absolute Gasteiger partial charge is 0.320 e. The summed E-state index contributed by atoms with van der Waals surface area (Å²) in [7, 11) is 2.81. The van der Waals surface area contributed by atoms with Gasteiger partial charge in [-0.2, -0.15) is 5.26 Å². The molecule has 2 aromatic rings. The summed E-state index contributed by atoms with van der Waals surface area (Å²) in [5.41, 5.74) is -2.29. The van der Waals surface area contributed by atoms with Gasteiger partial charge in [-0.3, -0.25) is 14.4 Å². The molecule has 0 heterocycles. The molecule has 0 saturated heterocycles. The van der Waals surface area contributed by atoms with E-state index in [2.05, 4.69) is 33.8 Å². The molecule has 0 aliphatic heterocycles. The van der Waals surface area contributed by atoms with Gasteiger partial charge in [-0.25, -0.2) is 0 Å². The molecule has 2 unspecified atom stereocenters. The number of carbonyl (C=O) groups is 3. The van der Waals surface area contributed by atoms with Gasteiger partial charge >= 0.3 is 17.9 Å². The number of benzene rings is 2. The fraction of sp³-hybridized carbons (Fsp3) is 0.500. The van der Waals surface area contributed by atoms with Crippen molar-refractivity contribution in [3.05, 3.63) is 60.2 Å². The summed E-state index contributed by atoms with van der Waals surface area (Å²) in [5.74, 6) is -0.227. The van der Waals surface area contributed by atoms with Crippen molar-refractivity contribution in [2.24, 2.45) is 16.7 Å². The van der Waals surface area contributed by atoms with Gasteiger partial charge in [0.25, 0.3) is 0 Å². The fourth-order valence-corrected chi connectivity index (χ4v) is 8.46. The van der Waals surface area contributed by atoms with Crippen molar-refractivity contribution in [3.8, 4) is 17.6 Å². The normalized spacial score (nSPS) is 16.1. The van der Waals surface area contributed by atoms with Gasteiger partial charge in [0.15, 0.2) is 0 Å². The standard InChI is InChI=1S/C22H23NO3.C10H19O6PS2/c1-21(2)19(22(21,3)4)20(24)26-18(14-23)15-9-8-12-17(13-15)25-16-10-6-5-7-11-16;1-5-15-9(11)7-8(10(12)16-6-2)19-17(18,13-3)14-4/h5-13,18-19H,1-4H3;8H,5-7H2,1-4H3. The lowest BCUT2D eigenvalue weighted by molar-refractivity contribution is -0.150. The Bertz CT molecular complexity index is 1370. The second-order valence-electron chi connectivity index (χ2n) is 11.0. The first-order chi connectivity index (χ1) is 21.2. The van der Waals surface area contributed by atoms with E-state index >= 15 is 0 Å². The van der Waals surface area contributed by atoms with Crippen LogP contribution < -0.4 is 4.74 Å². The lowest BCUT2D eigenvalue weighted by Crippen LogP contribution is -2.24. The highest BCUT2D eigenvalue weighted by molar-refractivity contribution is 8.68. The average Bonchev–Trinajstić information content (AvgIpc) is 3.43. The molecule has 2 atom stereocenters. The number of nitrogens with zero attached hydrogens (tertiary/aromatic N) is 1. The second kappa shape index (κ2) is 17.1. The highest BCUT2D eigenvalue weighted by atomic mass is 32.9. The molecular formula is C32H42NO9PS2. The summed E-state index contributed by atoms with van der Waals surface area (Å²) in [6, 6.07) is 18.6. The van der Waals surface area contributed by atoms with Crippen molar-refractivity contribution < 1.29 is 42.4 Å². The van der Waals surface area contributed by atoms with E-state index in [1.54, 1.807) is 38.1 Å². The third-order valence-electron chi connectivity index (χ3n) is 7.66. The van der Waals surface area contributed by atoms with Crippen LogP contribution in [-0.2, 0) is 49.4 Å². The molecule has 0 spiro atoms. The van der Waals surface area contributed by atoms with Gasteiger partial charge in [-0.1, -0.05) is 69.4 Å². The van der Waals surface area contributed by atoms with Crippen molar-refractivity contribution in [2.75, 3.05) is 27.4 Å². The summed E-state index contributed by atoms with van der Waals surface area (Å²) in [4.78, 5) is 35.8. The minimum Gasteiger partial charge on any atom is -0.466 e. The summed E-state index contributed by atoms with van der Waals surface area (Å²) in [5, 5.41) is 8.72. The van der Waals surface area contributed by atoms with E-state index in [-0.39, 0.29) is 42.4 Å². The molecule has 1 saturated carbocycles. The summed E-state index contributed by atoms with van der Waals surface area (Å²) in [6.07, 6.45) is -1.07. The molecule has 1 aliphatic carbocycles. The Morgan fingerprint density at radius 1 is 0.933 bits per heavy atom. The summed E-state index contributed by atoms with van der Waals surface area (Å²) in [6.45, 7) is 12.1. The van der Waals surface area contributed by atoms with E-state index in [1.165, 1.54) is 14.2 Å². The zero-order chi connectivity index (χ0) is 33.8. The molecular weight excluding hydrogens is 637 g/mol. The Kier molecular flexibility index (Phi) is 14.5. The van der Waals surface area contributed by atoms with Gasteiger partial charge in [-0.15, -0.1) is 0 Å². The van der Waals surface area contributed by atoms with Gasteiger partial charge in [-0.05, 0) is 60.7 Å². The quantitative estimate of drug-likeness (QED) is 0.112. The Labute approximate surface area is 275 Å². The van der Waals surface area contributed by atoms with Crippen LogP contribution in [0, 0.1) is 28.1 Å². The number of ether oxygens (including phenoxy) is 4. The van der Waals surface area contributed by atoms with Crippen LogP contribution in [0.25, 0.3) is 0 Å². The number of hydrogen-bond acceptors (Lipinski definition) is 12. The molecule has 3 rings (SSSR count). The molecule has 10 nitrogen and oxygen atoms in total. The molecule has 13 heteroatoms. The van der Waals surface area contributed by atoms with E-state index in [1.807, 2.05) is 30.3 Å². The maximum Gasteiger partial charge on any atom is 0.320 e. The van der Waals surface area contributed by atoms with E-state index in [4.69, 9.17) is 39.8 Å². The second-order valence-corrected chi connectivity index (χ2v) is 17.6. The predicted octanol–water partition coefficient (Wildman–Crippen LogP) is 7.39. The number of carbonyl (C=O) groups excluding carboxylic acids is 3. The molecule has 0 bridgehead atoms. The van der Waals surface area contributed by atoms with Gasteiger partial charge in [0.1, 0.15) is 22.8 Å². The van der Waals surface area contributed by atoms with E-state index in [9.17, 15) is 19.6 Å². The van der Waals surface area contributed by atoms with Crippen molar-refractivity contribution in [2.45, 2.75) is 59.3 Å². The van der Waals surface area contributed by atoms with Crippen LogP contribution in [0.15, 0.2) is 54.6 Å². The lowest BCUT2D eigenvalue weighted by Gasteiger charge is -2.21. The molecule has 1 fully saturated rings. The SMILES string of the molecule is CC1(C)C(C(=O)OC(C#N)c2cccc(Oc3ccccc3)c2)C1(C)C.CCOC(=O)CC(SP(=S)(OC)OC)C(=O)OCC. The van der Waals surface area contributed by atoms with Crippen LogP contribution in [-0.4, -0.2) is 50.6 Å². The molecule has 0 amide bonds. The van der Waals surface area contributed by atoms with Gasteiger partial charge in [0.2, 0.25) is 11.8 Å². The molecule has 0 radical (unpaired) electrons. The van der Waals surface area contributed by atoms with Crippen molar-refractivity contribution in [1.29, 1.82) is 5.26 Å². The third-order valence-corrected chi connectivity index (χ3v) is 13.5. The van der Waals surface area contributed by atoms with E-state index in [0.717, 1.165) is 11.4 Å². The van der Waals surface area contributed by atoms with Crippen LogP contribution in [0.2, 0.25) is 0 Å². The Morgan fingerprint density at radius 3 is 2.02 bits per heavy atom. The highest BCUT2D eigenvalue weighted by Gasteiger charge is 2.69. The van der Waals surface area contributed by atoms with Crippen molar-refractivity contribution in [1.82, 2.24) is 0 Å². The van der Waals surface area contributed by atoms with Crippen LogP contribution in [0.4, 0.5) is 0 Å².